The van der Waals surface area contributed by atoms with Crippen molar-refractivity contribution in [3.8, 4) is 0 Å². The average Bonchev–Trinajstić information content (AvgIpc) is 2.56. The molecule has 0 spiro atoms. The van der Waals surface area contributed by atoms with E-state index < -0.39 is 86.4 Å². The Hall–Kier alpha value is -1.19. The second-order valence-electron chi connectivity index (χ2n) is 6.43. The van der Waals surface area contributed by atoms with E-state index in [4.69, 9.17) is 30.6 Å². The molecule has 1 atom stereocenters. The molecule has 0 aromatic carbocycles. The first-order chi connectivity index (χ1) is 15.0. The van der Waals surface area contributed by atoms with Gasteiger partial charge in [0.05, 0.1) is 38.6 Å². The van der Waals surface area contributed by atoms with E-state index in [1.807, 2.05) is 0 Å². The molecule has 1 unspecified atom stereocenters. The fraction of sp³-hybridized carbons (Fsp3) is 0.562. The number of carboxylic acids is 7. The monoisotopic (exact) mass is 544 g/mol. The van der Waals surface area contributed by atoms with Crippen LogP contribution in [0.15, 0.2) is 0 Å². The van der Waals surface area contributed by atoms with Crippen LogP contribution in [-0.2, 0) is 33.6 Å². The minimum atomic E-state index is -2.91. The van der Waals surface area contributed by atoms with Gasteiger partial charge in [0.1, 0.15) is 5.60 Å². The van der Waals surface area contributed by atoms with E-state index in [2.05, 4.69) is 0 Å². The number of carbonyl (C=O) groups excluding carboxylic acids is 2. The molecule has 0 aromatic heterocycles. The van der Waals surface area contributed by atoms with Crippen LogP contribution in [0.2, 0.25) is 0 Å². The van der Waals surface area contributed by atoms with Crippen molar-refractivity contribution in [3.05, 3.63) is 0 Å². The quantitative estimate of drug-likeness (QED) is 0.0982. The smallest absolute Gasteiger partial charge is 0.550 e. The number of aliphatic hydroxyl groups is 1. The molecule has 0 amide bonds. The third kappa shape index (κ3) is 24.3. The van der Waals surface area contributed by atoms with Gasteiger partial charge in [-0.25, -0.2) is 0 Å². The van der Waals surface area contributed by atoms with Gasteiger partial charge in [0.25, 0.3) is 0 Å². The van der Waals surface area contributed by atoms with E-state index in [0.29, 0.717) is 0 Å². The second-order valence-corrected chi connectivity index (χ2v) is 6.43. The molecule has 0 rings (SSSR count). The first kappa shape index (κ1) is 41.0. The molecule has 0 aromatic rings. The van der Waals surface area contributed by atoms with Crippen molar-refractivity contribution in [1.29, 1.82) is 0 Å². The molecular weight excluding hydrogens is 522 g/mol. The molecule has 0 radical (unpaired) electrons. The minimum absolute atomic E-state index is 0. The van der Waals surface area contributed by atoms with E-state index in [-0.39, 0.29) is 94.0 Å². The van der Waals surface area contributed by atoms with Crippen molar-refractivity contribution < 1.29 is 155 Å². The van der Waals surface area contributed by atoms with Gasteiger partial charge in [0, 0.05) is 25.5 Å². The number of aliphatic carboxylic acids is 7. The maximum atomic E-state index is 10.6. The Bertz CT molecular complexity index is 679. The van der Waals surface area contributed by atoms with E-state index in [1.165, 1.54) is 0 Å². The summed E-state index contributed by atoms with van der Waals surface area (Å²) in [4.78, 5) is 74.5. The van der Waals surface area contributed by atoms with Gasteiger partial charge in [-0.2, -0.15) is 0 Å². The molecule has 0 aliphatic carbocycles. The Morgan fingerprint density at radius 2 is 0.886 bits per heavy atom. The van der Waals surface area contributed by atoms with Gasteiger partial charge >= 0.3 is 111 Å². The number of rotatable bonds is 16. The van der Waals surface area contributed by atoms with Gasteiger partial charge in [0.2, 0.25) is 0 Å². The summed E-state index contributed by atoms with van der Waals surface area (Å²) < 4.78 is 0. The van der Waals surface area contributed by atoms with Gasteiger partial charge in [-0.1, -0.05) is 0 Å². The van der Waals surface area contributed by atoms with Crippen molar-refractivity contribution >= 4 is 41.8 Å². The first-order valence-electron chi connectivity index (χ1n) is 8.65. The van der Waals surface area contributed by atoms with Crippen LogP contribution >= 0.6 is 0 Å². The van der Waals surface area contributed by atoms with E-state index in [9.17, 15) is 43.8 Å². The van der Waals surface area contributed by atoms with Gasteiger partial charge in [-0.05, 0) is 0 Å². The molecule has 17 nitrogen and oxygen atoms in total. The third-order valence-corrected chi connectivity index (χ3v) is 3.43. The molecule has 0 heterocycles. The van der Waals surface area contributed by atoms with Crippen LogP contribution in [0.4, 0.5) is 0 Å². The largest absolute Gasteiger partial charge is 1.00 e. The van der Waals surface area contributed by atoms with Crippen molar-refractivity contribution in [2.24, 2.45) is 0 Å². The first-order valence-corrected chi connectivity index (χ1v) is 8.65. The zero-order valence-corrected chi connectivity index (χ0v) is 24.0. The summed E-state index contributed by atoms with van der Waals surface area (Å²) in [5, 5.41) is 71.7. The van der Waals surface area contributed by atoms with E-state index in [0.717, 1.165) is 9.80 Å². The van der Waals surface area contributed by atoms with Gasteiger partial charge in [0.15, 0.2) is 0 Å². The zero-order valence-electron chi connectivity index (χ0n) is 18.9. The molecule has 0 bridgehead atoms. The number of nitrogens with zero attached hydrogens (tertiary/aromatic N) is 2. The molecular formula is C16H22KN2NaO15. The summed E-state index contributed by atoms with van der Waals surface area (Å²) >= 11 is 0. The summed E-state index contributed by atoms with van der Waals surface area (Å²) in [5.41, 5.74) is -2.91. The molecule has 0 aliphatic heterocycles. The topological polar surface area (TPSA) is 293 Å². The number of carbonyl (C=O) groups is 7. The predicted octanol–water partition coefficient (Wildman–Crippen LogP) is -12.0. The minimum Gasteiger partial charge on any atom is -0.550 e. The molecule has 0 saturated carbocycles. The van der Waals surface area contributed by atoms with Crippen LogP contribution in [-0.4, -0.2) is 127 Å². The Morgan fingerprint density at radius 3 is 1.06 bits per heavy atom. The Morgan fingerprint density at radius 1 is 0.600 bits per heavy atom. The van der Waals surface area contributed by atoms with Crippen molar-refractivity contribution in [2.75, 3.05) is 39.3 Å². The maximum Gasteiger partial charge on any atom is 1.00 e. The molecule has 6 N–H and O–H groups in total. The SMILES string of the molecule is O=C(O)CN(CCN(CC(=O)O)CC(=O)O)CC(=O)O.O=C([O-])CC(O)(CC(=O)O)C(=O)[O-].[K+].[Na+]. The Kier molecular flexibility index (Phi) is 24.5. The molecule has 0 aliphatic rings. The molecule has 19 heteroatoms. The van der Waals surface area contributed by atoms with Crippen molar-refractivity contribution in [1.82, 2.24) is 9.80 Å². The van der Waals surface area contributed by atoms with Gasteiger partial charge in [-0.3, -0.25) is 33.8 Å². The van der Waals surface area contributed by atoms with Gasteiger partial charge < -0.3 is 50.4 Å². The van der Waals surface area contributed by atoms with Crippen LogP contribution in [0.25, 0.3) is 0 Å². The second kappa shape index (κ2) is 20.9. The summed E-state index contributed by atoms with van der Waals surface area (Å²) in [6.45, 7) is -2.25. The van der Waals surface area contributed by atoms with Gasteiger partial charge in [-0.15, -0.1) is 0 Å². The molecule has 188 valence electrons. The predicted molar refractivity (Wildman–Crippen MR) is 95.3 cm³/mol. The normalized spacial score (nSPS) is 11.5. The summed E-state index contributed by atoms with van der Waals surface area (Å²) in [6.07, 6.45) is -2.56. The third-order valence-electron chi connectivity index (χ3n) is 3.43. The summed E-state index contributed by atoms with van der Waals surface area (Å²) in [5.74, 6) is -10.6. The van der Waals surface area contributed by atoms with Crippen LogP contribution in [0.3, 0.4) is 0 Å². The Labute approximate surface area is 262 Å². The van der Waals surface area contributed by atoms with Crippen LogP contribution in [0.1, 0.15) is 12.8 Å². The zero-order chi connectivity index (χ0) is 26.4. The number of carboxylic acid groups (broad SMARTS) is 7. The number of hydrogen-bond donors (Lipinski definition) is 6. The fourth-order valence-corrected chi connectivity index (χ4v) is 2.17. The Balaban J connectivity index is -0.000000281. The van der Waals surface area contributed by atoms with Crippen LogP contribution in [0, 0.1) is 0 Å². The summed E-state index contributed by atoms with van der Waals surface area (Å²) in [6, 6.07) is 0. The molecule has 0 saturated heterocycles. The van der Waals surface area contributed by atoms with Crippen LogP contribution < -0.4 is 91.2 Å². The summed E-state index contributed by atoms with van der Waals surface area (Å²) in [7, 11) is 0. The number of hydrogen-bond acceptors (Lipinski definition) is 12. The molecule has 35 heavy (non-hydrogen) atoms. The average molecular weight is 544 g/mol. The van der Waals surface area contributed by atoms with Crippen LogP contribution in [0.5, 0.6) is 0 Å². The maximum absolute atomic E-state index is 10.6. The van der Waals surface area contributed by atoms with Crippen molar-refractivity contribution in [3.63, 3.8) is 0 Å². The standard InChI is InChI=1S/C10H16N2O8.C6H8O7.K.Na/c13-7(14)3-11(4-8(15)16)1-2-12(5-9(17)18)6-10(19)20;7-3(8)1-6(13,5(11)12)2-4(9)10;;/h1-6H2,(H,13,14)(H,15,16)(H,17,18)(H,19,20);13H,1-2H2,(H,7,8)(H,9,10)(H,11,12);;/q;;2*+1/p-2. The van der Waals surface area contributed by atoms with E-state index >= 15 is 0 Å². The molecule has 0 fully saturated rings. The van der Waals surface area contributed by atoms with Crippen molar-refractivity contribution in [2.45, 2.75) is 18.4 Å². The fourth-order valence-electron chi connectivity index (χ4n) is 2.17. The van der Waals surface area contributed by atoms with E-state index in [1.54, 1.807) is 0 Å².